The molecule has 0 aromatic carbocycles. The van der Waals surface area contributed by atoms with E-state index in [1.165, 1.54) is 44.1 Å². The number of nitrogens with zero attached hydrogens (tertiary/aromatic N) is 1. The molecular weight excluding hydrogens is 294 g/mol. The summed E-state index contributed by atoms with van der Waals surface area (Å²) in [6.45, 7) is 5.01. The second-order valence-electron chi connectivity index (χ2n) is 10.1. The fourth-order valence-corrected chi connectivity index (χ4v) is 8.67. The van der Waals surface area contributed by atoms with Gasteiger partial charge in [0, 0.05) is 18.9 Å². The first-order valence-electron chi connectivity index (χ1n) is 10.0. The zero-order valence-corrected chi connectivity index (χ0v) is 15.2. The molecule has 0 bridgehead atoms. The van der Waals surface area contributed by atoms with Crippen LogP contribution in [-0.4, -0.2) is 5.78 Å². The van der Waals surface area contributed by atoms with Gasteiger partial charge in [-0.25, -0.2) is 0 Å². The first kappa shape index (κ1) is 15.2. The van der Waals surface area contributed by atoms with E-state index in [0.717, 1.165) is 31.6 Å². The van der Waals surface area contributed by atoms with Crippen molar-refractivity contribution in [1.82, 2.24) is 0 Å². The summed E-state index contributed by atoms with van der Waals surface area (Å²) >= 11 is 0. The minimum Gasteiger partial charge on any atom is -0.300 e. The van der Waals surface area contributed by atoms with Gasteiger partial charge in [0.15, 0.2) is 0 Å². The lowest BCUT2D eigenvalue weighted by molar-refractivity contribution is -0.137. The van der Waals surface area contributed by atoms with Crippen LogP contribution in [-0.2, 0) is 4.79 Å². The van der Waals surface area contributed by atoms with Gasteiger partial charge in [0.1, 0.15) is 5.78 Å². The van der Waals surface area contributed by atoms with E-state index in [9.17, 15) is 10.1 Å². The van der Waals surface area contributed by atoms with Gasteiger partial charge in [-0.2, -0.15) is 5.26 Å². The van der Waals surface area contributed by atoms with Crippen LogP contribution in [0.1, 0.15) is 78.1 Å². The fraction of sp³-hybridized carbons (Fsp3) is 0.818. The molecule has 0 heterocycles. The lowest BCUT2D eigenvalue weighted by atomic mass is 9.45. The predicted molar refractivity (Wildman–Crippen MR) is 92.9 cm³/mol. The minimum atomic E-state index is 0.281. The Labute approximate surface area is 145 Å². The van der Waals surface area contributed by atoms with E-state index in [1.807, 2.05) is 6.08 Å². The van der Waals surface area contributed by atoms with E-state index in [1.54, 1.807) is 0 Å². The Balaban J connectivity index is 1.56. The quantitative estimate of drug-likeness (QED) is 0.575. The van der Waals surface area contributed by atoms with Crippen LogP contribution in [0.2, 0.25) is 0 Å². The molecule has 2 nitrogen and oxygen atoms in total. The number of nitriles is 1. The maximum atomic E-state index is 12.0. The normalized spacial score (nSPS) is 56.7. The van der Waals surface area contributed by atoms with Gasteiger partial charge >= 0.3 is 0 Å². The molecule has 0 N–H and O–H groups in total. The van der Waals surface area contributed by atoms with Crippen LogP contribution >= 0.6 is 0 Å². The van der Waals surface area contributed by atoms with Crippen molar-refractivity contribution >= 4 is 5.78 Å². The zero-order chi connectivity index (χ0) is 16.8. The largest absolute Gasteiger partial charge is 0.300 e. The van der Waals surface area contributed by atoms with Crippen LogP contribution in [0.25, 0.3) is 0 Å². The van der Waals surface area contributed by atoms with E-state index < -0.39 is 0 Å². The fourth-order valence-electron chi connectivity index (χ4n) is 8.67. The van der Waals surface area contributed by atoms with Crippen molar-refractivity contribution in [1.29, 1.82) is 5.26 Å². The first-order valence-corrected chi connectivity index (χ1v) is 10.0. The second kappa shape index (κ2) is 4.35. The molecular formula is C22H29NO. The summed E-state index contributed by atoms with van der Waals surface area (Å²) in [7, 11) is 0. The third kappa shape index (κ3) is 1.44. The number of fused-ring (bicyclic) bond motifs is 2. The molecule has 6 unspecified atom stereocenters. The summed E-state index contributed by atoms with van der Waals surface area (Å²) in [6.07, 6.45) is 13.8. The van der Waals surface area contributed by atoms with Crippen LogP contribution in [0.15, 0.2) is 11.6 Å². The predicted octanol–water partition coefficient (Wildman–Crippen LogP) is 5.19. The number of hydrogen-bond donors (Lipinski definition) is 0. The van der Waals surface area contributed by atoms with Crippen molar-refractivity contribution in [2.75, 3.05) is 0 Å². The molecule has 0 aromatic rings. The van der Waals surface area contributed by atoms with Crippen molar-refractivity contribution in [3.63, 3.8) is 0 Å². The smallest absolute Gasteiger partial charge is 0.133 e. The van der Waals surface area contributed by atoms with Crippen LogP contribution in [0.3, 0.4) is 0 Å². The third-order valence-corrected chi connectivity index (χ3v) is 9.96. The highest BCUT2D eigenvalue weighted by atomic mass is 16.1. The van der Waals surface area contributed by atoms with Crippen LogP contribution in [0.4, 0.5) is 0 Å². The number of Topliss-reactive ketones (excluding diaryl/α,β-unsaturated/α-hetero) is 1. The molecule has 0 saturated heterocycles. The Hall–Kier alpha value is -1.10. The summed E-state index contributed by atoms with van der Waals surface area (Å²) in [4.78, 5) is 12.0. The number of rotatable bonds is 0. The Morgan fingerprint density at radius 1 is 1.12 bits per heavy atom. The van der Waals surface area contributed by atoms with Gasteiger partial charge in [-0.3, -0.25) is 4.79 Å². The zero-order valence-electron chi connectivity index (χ0n) is 15.2. The van der Waals surface area contributed by atoms with Crippen molar-refractivity contribution < 1.29 is 4.79 Å². The molecule has 5 fully saturated rings. The average Bonchev–Trinajstić information content (AvgIpc) is 3.16. The van der Waals surface area contributed by atoms with Gasteiger partial charge in [0.05, 0.1) is 6.07 Å². The van der Waals surface area contributed by atoms with Gasteiger partial charge in [0.25, 0.3) is 0 Å². The third-order valence-electron chi connectivity index (χ3n) is 9.96. The summed E-state index contributed by atoms with van der Waals surface area (Å²) in [6, 6.07) is 2.32. The number of carbonyl (C=O) groups excluding carboxylic acids is 1. The molecule has 5 aliphatic rings. The minimum absolute atomic E-state index is 0.281. The standard InChI is InChI=1S/C22H29NO/c1-19-10-11-22-14-21(22,18(19)4-3-15(19)7-12-23)9-5-16-13-17(24)6-8-20(16,22)2/h7,16,18H,3-6,8-11,13-14H2,1-2H3. The van der Waals surface area contributed by atoms with Crippen LogP contribution in [0, 0.1) is 44.8 Å². The molecule has 0 aromatic heterocycles. The van der Waals surface area contributed by atoms with Crippen molar-refractivity contribution in [2.45, 2.75) is 78.1 Å². The highest BCUT2D eigenvalue weighted by Gasteiger charge is 2.82. The molecule has 0 aliphatic heterocycles. The summed E-state index contributed by atoms with van der Waals surface area (Å²) in [5.74, 6) is 1.95. The molecule has 5 rings (SSSR count). The van der Waals surface area contributed by atoms with Gasteiger partial charge in [0.2, 0.25) is 0 Å². The van der Waals surface area contributed by atoms with Gasteiger partial charge in [-0.1, -0.05) is 19.4 Å². The van der Waals surface area contributed by atoms with Crippen molar-refractivity contribution in [3.8, 4) is 6.07 Å². The number of hydrogen-bond acceptors (Lipinski definition) is 2. The van der Waals surface area contributed by atoms with Gasteiger partial charge in [-0.05, 0) is 84.9 Å². The molecule has 6 atom stereocenters. The van der Waals surface area contributed by atoms with Gasteiger partial charge < -0.3 is 0 Å². The number of carbonyl (C=O) groups is 1. The maximum Gasteiger partial charge on any atom is 0.133 e. The Kier molecular flexibility index (Phi) is 2.75. The molecule has 0 radical (unpaired) electrons. The number of allylic oxidation sites excluding steroid dienone is 2. The lowest BCUT2D eigenvalue weighted by Gasteiger charge is -2.59. The molecule has 5 saturated carbocycles. The molecule has 0 amide bonds. The monoisotopic (exact) mass is 323 g/mol. The lowest BCUT2D eigenvalue weighted by Crippen LogP contribution is -2.53. The van der Waals surface area contributed by atoms with E-state index in [2.05, 4.69) is 19.9 Å². The molecule has 5 aliphatic carbocycles. The van der Waals surface area contributed by atoms with Crippen molar-refractivity contribution in [2.24, 2.45) is 33.5 Å². The van der Waals surface area contributed by atoms with E-state index in [-0.39, 0.29) is 5.41 Å². The van der Waals surface area contributed by atoms with Crippen LogP contribution in [0.5, 0.6) is 0 Å². The van der Waals surface area contributed by atoms with E-state index in [4.69, 9.17) is 0 Å². The topological polar surface area (TPSA) is 40.9 Å². The highest BCUT2D eigenvalue weighted by Crippen LogP contribution is 2.90. The molecule has 128 valence electrons. The first-order chi connectivity index (χ1) is 11.4. The number of ketones is 1. The van der Waals surface area contributed by atoms with Crippen molar-refractivity contribution in [3.05, 3.63) is 11.6 Å². The molecule has 24 heavy (non-hydrogen) atoms. The van der Waals surface area contributed by atoms with E-state index in [0.29, 0.717) is 27.9 Å². The summed E-state index contributed by atoms with van der Waals surface area (Å²) in [5, 5.41) is 9.20. The Bertz CT molecular complexity index is 701. The van der Waals surface area contributed by atoms with E-state index >= 15 is 0 Å². The summed E-state index contributed by atoms with van der Waals surface area (Å²) in [5.41, 5.74) is 3.19. The van der Waals surface area contributed by atoms with Gasteiger partial charge in [-0.15, -0.1) is 0 Å². The maximum absolute atomic E-state index is 12.0. The molecule has 0 spiro atoms. The Morgan fingerprint density at radius 3 is 2.75 bits per heavy atom. The summed E-state index contributed by atoms with van der Waals surface area (Å²) < 4.78 is 0. The average molecular weight is 323 g/mol. The van der Waals surface area contributed by atoms with Crippen LogP contribution < -0.4 is 0 Å². The second-order valence-corrected chi connectivity index (χ2v) is 10.1. The molecule has 2 heteroatoms. The highest BCUT2D eigenvalue weighted by molar-refractivity contribution is 5.80. The Morgan fingerprint density at radius 2 is 1.96 bits per heavy atom. The SMILES string of the molecule is CC12CCC34CC3(CCC3CC(=O)CCC34C)C1CCC2=CC#N.